The van der Waals surface area contributed by atoms with Crippen molar-refractivity contribution in [2.24, 2.45) is 0 Å². The van der Waals surface area contributed by atoms with E-state index in [1.807, 2.05) is 13.8 Å². The first kappa shape index (κ1) is 16.7. The molecule has 0 aliphatic heterocycles. The highest BCUT2D eigenvalue weighted by Crippen LogP contribution is 2.00. The van der Waals surface area contributed by atoms with Crippen LogP contribution in [0.5, 0.6) is 0 Å². The molecule has 0 fully saturated rings. The predicted octanol–water partition coefficient (Wildman–Crippen LogP) is 1.35. The summed E-state index contributed by atoms with van der Waals surface area (Å²) < 4.78 is 4.86. The van der Waals surface area contributed by atoms with Crippen molar-refractivity contribution in [2.75, 3.05) is 13.7 Å². The second kappa shape index (κ2) is 9.70. The van der Waals surface area contributed by atoms with Crippen LogP contribution < -0.4 is 10.6 Å². The number of nitrogens with one attached hydrogen (secondary N) is 2. The Morgan fingerprint density at radius 1 is 1.22 bits per heavy atom. The van der Waals surface area contributed by atoms with E-state index in [0.29, 0.717) is 19.4 Å². The molecule has 0 rings (SSSR count). The Bertz CT molecular complexity index is 254. The van der Waals surface area contributed by atoms with Gasteiger partial charge in [-0.3, -0.25) is 0 Å². The Kier molecular flexibility index (Phi) is 9.00. The third-order valence-electron chi connectivity index (χ3n) is 2.77. The average Bonchev–Trinajstić information content (AvgIpc) is 2.34. The summed E-state index contributed by atoms with van der Waals surface area (Å²) in [6, 6.07) is -1.21. The molecule has 0 radical (unpaired) electrons. The van der Waals surface area contributed by atoms with E-state index in [-0.39, 0.29) is 6.04 Å². The average molecular weight is 260 g/mol. The molecule has 6 nitrogen and oxygen atoms in total. The largest absolute Gasteiger partial charge is 0.480 e. The summed E-state index contributed by atoms with van der Waals surface area (Å²) in [5.41, 5.74) is 0. The molecule has 0 aromatic heterocycles. The quantitative estimate of drug-likeness (QED) is 0.546. The van der Waals surface area contributed by atoms with E-state index in [0.717, 1.165) is 12.8 Å². The third-order valence-corrected chi connectivity index (χ3v) is 2.77. The molecule has 1 atom stereocenters. The van der Waals surface area contributed by atoms with E-state index in [9.17, 15) is 9.59 Å². The number of ether oxygens (including phenoxy) is 1. The van der Waals surface area contributed by atoms with Gasteiger partial charge in [-0.1, -0.05) is 13.8 Å². The van der Waals surface area contributed by atoms with Crippen LogP contribution in [0.2, 0.25) is 0 Å². The molecule has 1 unspecified atom stereocenters. The molecule has 0 aromatic carbocycles. The maximum atomic E-state index is 11.6. The van der Waals surface area contributed by atoms with Crippen molar-refractivity contribution in [3.63, 3.8) is 0 Å². The molecule has 106 valence electrons. The standard InChI is InChI=1S/C12H24N2O4/c1-4-9(5-2)13-12(17)14-10(11(15)16)7-6-8-18-3/h9-10H,4-8H2,1-3H3,(H,15,16)(H2,13,14,17). The van der Waals surface area contributed by atoms with E-state index in [1.54, 1.807) is 7.11 Å². The van der Waals surface area contributed by atoms with Gasteiger partial charge in [-0.2, -0.15) is 0 Å². The molecule has 0 spiro atoms. The van der Waals surface area contributed by atoms with Crippen molar-refractivity contribution in [3.8, 4) is 0 Å². The van der Waals surface area contributed by atoms with Crippen LogP contribution in [0.4, 0.5) is 4.79 Å². The van der Waals surface area contributed by atoms with Crippen LogP contribution in [-0.4, -0.2) is 42.9 Å². The fourth-order valence-corrected chi connectivity index (χ4v) is 1.57. The molecule has 0 saturated carbocycles. The highest BCUT2D eigenvalue weighted by atomic mass is 16.5. The number of hydrogen-bond donors (Lipinski definition) is 3. The molecular formula is C12H24N2O4. The lowest BCUT2D eigenvalue weighted by molar-refractivity contribution is -0.139. The van der Waals surface area contributed by atoms with E-state index in [2.05, 4.69) is 10.6 Å². The molecule has 0 saturated heterocycles. The highest BCUT2D eigenvalue weighted by molar-refractivity contribution is 5.82. The van der Waals surface area contributed by atoms with Gasteiger partial charge in [-0.15, -0.1) is 0 Å². The molecule has 3 N–H and O–H groups in total. The van der Waals surface area contributed by atoms with Crippen LogP contribution in [0.15, 0.2) is 0 Å². The van der Waals surface area contributed by atoms with E-state index in [4.69, 9.17) is 9.84 Å². The van der Waals surface area contributed by atoms with Crippen LogP contribution >= 0.6 is 0 Å². The Labute approximate surface area is 108 Å². The normalized spacial score (nSPS) is 12.2. The van der Waals surface area contributed by atoms with Gasteiger partial charge in [0, 0.05) is 19.8 Å². The zero-order valence-corrected chi connectivity index (χ0v) is 11.4. The number of urea groups is 1. The fraction of sp³-hybridized carbons (Fsp3) is 0.833. The summed E-state index contributed by atoms with van der Waals surface area (Å²) in [7, 11) is 1.56. The molecule has 0 aliphatic rings. The van der Waals surface area contributed by atoms with Crippen LogP contribution in [0.1, 0.15) is 39.5 Å². The van der Waals surface area contributed by atoms with Gasteiger partial charge in [0.2, 0.25) is 0 Å². The number of carboxylic acid groups (broad SMARTS) is 1. The molecule has 0 aliphatic carbocycles. The van der Waals surface area contributed by atoms with Crippen molar-refractivity contribution >= 4 is 12.0 Å². The molecule has 2 amide bonds. The van der Waals surface area contributed by atoms with Gasteiger partial charge in [0.1, 0.15) is 6.04 Å². The minimum atomic E-state index is -1.02. The van der Waals surface area contributed by atoms with Gasteiger partial charge in [-0.05, 0) is 25.7 Å². The number of amides is 2. The van der Waals surface area contributed by atoms with Gasteiger partial charge >= 0.3 is 12.0 Å². The smallest absolute Gasteiger partial charge is 0.326 e. The summed E-state index contributed by atoms with van der Waals surface area (Å²) in [6.45, 7) is 4.43. The topological polar surface area (TPSA) is 87.7 Å². The van der Waals surface area contributed by atoms with Crippen LogP contribution in [0.25, 0.3) is 0 Å². The minimum Gasteiger partial charge on any atom is -0.480 e. The Morgan fingerprint density at radius 2 is 1.83 bits per heavy atom. The summed E-state index contributed by atoms with van der Waals surface area (Å²) in [6.07, 6.45) is 2.61. The minimum absolute atomic E-state index is 0.0819. The summed E-state index contributed by atoms with van der Waals surface area (Å²) in [5.74, 6) is -1.02. The van der Waals surface area contributed by atoms with Crippen molar-refractivity contribution in [1.82, 2.24) is 10.6 Å². The lowest BCUT2D eigenvalue weighted by atomic mass is 10.1. The molecule has 0 bridgehead atoms. The van der Waals surface area contributed by atoms with Crippen LogP contribution in [-0.2, 0) is 9.53 Å². The summed E-state index contributed by atoms with van der Waals surface area (Å²) >= 11 is 0. The number of hydrogen-bond acceptors (Lipinski definition) is 3. The van der Waals surface area contributed by atoms with Gasteiger partial charge in [0.15, 0.2) is 0 Å². The monoisotopic (exact) mass is 260 g/mol. The predicted molar refractivity (Wildman–Crippen MR) is 68.6 cm³/mol. The number of carboxylic acids is 1. The fourth-order valence-electron chi connectivity index (χ4n) is 1.57. The molecule has 6 heteroatoms. The molecule has 0 aromatic rings. The van der Waals surface area contributed by atoms with Crippen LogP contribution in [0, 0.1) is 0 Å². The summed E-state index contributed by atoms with van der Waals surface area (Å²) in [4.78, 5) is 22.6. The Balaban J connectivity index is 4.14. The third kappa shape index (κ3) is 7.11. The van der Waals surface area contributed by atoms with Gasteiger partial charge in [0.25, 0.3) is 0 Å². The maximum absolute atomic E-state index is 11.6. The number of carbonyl (C=O) groups is 2. The molecular weight excluding hydrogens is 236 g/mol. The van der Waals surface area contributed by atoms with Crippen molar-refractivity contribution < 1.29 is 19.4 Å². The second-order valence-corrected chi connectivity index (χ2v) is 4.16. The Morgan fingerprint density at radius 3 is 2.28 bits per heavy atom. The number of rotatable bonds is 9. The highest BCUT2D eigenvalue weighted by Gasteiger charge is 2.20. The Hall–Kier alpha value is -1.30. The van der Waals surface area contributed by atoms with Crippen LogP contribution in [0.3, 0.4) is 0 Å². The number of aliphatic carboxylic acids is 1. The van der Waals surface area contributed by atoms with E-state index < -0.39 is 18.0 Å². The lowest BCUT2D eigenvalue weighted by Gasteiger charge is -2.19. The first-order valence-corrected chi connectivity index (χ1v) is 6.33. The number of carbonyl (C=O) groups excluding carboxylic acids is 1. The zero-order valence-electron chi connectivity index (χ0n) is 11.4. The maximum Gasteiger partial charge on any atom is 0.326 e. The van der Waals surface area contributed by atoms with Gasteiger partial charge in [-0.25, -0.2) is 9.59 Å². The molecule has 0 heterocycles. The zero-order chi connectivity index (χ0) is 14.0. The lowest BCUT2D eigenvalue weighted by Crippen LogP contribution is -2.48. The first-order chi connectivity index (χ1) is 8.54. The van der Waals surface area contributed by atoms with Crippen molar-refractivity contribution in [3.05, 3.63) is 0 Å². The second-order valence-electron chi connectivity index (χ2n) is 4.16. The van der Waals surface area contributed by atoms with E-state index in [1.165, 1.54) is 0 Å². The summed E-state index contributed by atoms with van der Waals surface area (Å²) in [5, 5.41) is 14.2. The first-order valence-electron chi connectivity index (χ1n) is 6.33. The van der Waals surface area contributed by atoms with Gasteiger partial charge < -0.3 is 20.5 Å². The van der Waals surface area contributed by atoms with E-state index >= 15 is 0 Å². The molecule has 18 heavy (non-hydrogen) atoms. The van der Waals surface area contributed by atoms with Gasteiger partial charge in [0.05, 0.1) is 0 Å². The SMILES string of the molecule is CCC(CC)NC(=O)NC(CCCOC)C(=O)O. The van der Waals surface area contributed by atoms with Crippen molar-refractivity contribution in [2.45, 2.75) is 51.6 Å². The number of methoxy groups -OCH3 is 1. The van der Waals surface area contributed by atoms with Crippen molar-refractivity contribution in [1.29, 1.82) is 0 Å².